The summed E-state index contributed by atoms with van der Waals surface area (Å²) in [7, 11) is 1.37. The van der Waals surface area contributed by atoms with Crippen molar-refractivity contribution in [2.24, 2.45) is 5.92 Å². The molecule has 1 aliphatic rings. The Labute approximate surface area is 136 Å². The van der Waals surface area contributed by atoms with Crippen LogP contribution in [0.3, 0.4) is 0 Å². The molecule has 0 saturated heterocycles. The first kappa shape index (κ1) is 16.7. The van der Waals surface area contributed by atoms with Gasteiger partial charge in [0, 0.05) is 12.1 Å². The predicted molar refractivity (Wildman–Crippen MR) is 89.3 cm³/mol. The van der Waals surface area contributed by atoms with Gasteiger partial charge in [0.1, 0.15) is 0 Å². The lowest BCUT2D eigenvalue weighted by Gasteiger charge is -2.02. The molecule has 1 saturated carbocycles. The van der Waals surface area contributed by atoms with Crippen molar-refractivity contribution in [2.75, 3.05) is 13.7 Å². The van der Waals surface area contributed by atoms with E-state index in [9.17, 15) is 9.59 Å². The van der Waals surface area contributed by atoms with Crippen LogP contribution in [0, 0.1) is 5.92 Å². The van der Waals surface area contributed by atoms with Crippen LogP contribution in [0.25, 0.3) is 0 Å². The van der Waals surface area contributed by atoms with Gasteiger partial charge in [0.25, 0.3) is 5.91 Å². The fourth-order valence-corrected chi connectivity index (χ4v) is 1.94. The van der Waals surface area contributed by atoms with Crippen LogP contribution in [0.2, 0.25) is 0 Å². The highest BCUT2D eigenvalue weighted by Crippen LogP contribution is 2.27. The normalized spacial score (nSPS) is 12.6. The third kappa shape index (κ3) is 5.94. The van der Waals surface area contributed by atoms with Gasteiger partial charge in [-0.25, -0.2) is 4.79 Å². The van der Waals surface area contributed by atoms with E-state index in [1.807, 2.05) is 36.4 Å². The monoisotopic (exact) mass is 311 g/mol. The van der Waals surface area contributed by atoms with E-state index in [0.29, 0.717) is 5.56 Å². The molecule has 4 heteroatoms. The number of esters is 1. The molecule has 4 nitrogen and oxygen atoms in total. The molecule has 0 spiro atoms. The molecule has 0 radical (unpaired) electrons. The lowest BCUT2D eigenvalue weighted by Crippen LogP contribution is -2.25. The quantitative estimate of drug-likeness (QED) is 0.881. The van der Waals surface area contributed by atoms with Crippen LogP contribution in [0.4, 0.5) is 0 Å². The smallest absolute Gasteiger partial charge is 0.337 e. The van der Waals surface area contributed by atoms with E-state index < -0.39 is 0 Å². The largest absolute Gasteiger partial charge is 0.465 e. The fourth-order valence-electron chi connectivity index (χ4n) is 1.94. The standard InChI is InChI=1S/C11H13NO.C8H8O2/c13-11(12-8-9-6-7-9)10-4-2-1-3-5-10;1-10-8(9)7-5-3-2-4-6-7/h1-5,9H,6-8H2,(H,12,13);2-6H,1H3. The van der Waals surface area contributed by atoms with Crippen molar-refractivity contribution in [3.8, 4) is 0 Å². The van der Waals surface area contributed by atoms with E-state index in [1.54, 1.807) is 24.3 Å². The summed E-state index contributed by atoms with van der Waals surface area (Å²) in [6, 6.07) is 18.2. The minimum Gasteiger partial charge on any atom is -0.465 e. The van der Waals surface area contributed by atoms with E-state index in [-0.39, 0.29) is 11.9 Å². The number of benzene rings is 2. The molecular weight excluding hydrogens is 290 g/mol. The van der Waals surface area contributed by atoms with Crippen molar-refractivity contribution in [3.05, 3.63) is 71.8 Å². The Bertz CT molecular complexity index is 622. The van der Waals surface area contributed by atoms with Crippen molar-refractivity contribution in [2.45, 2.75) is 12.8 Å². The average molecular weight is 311 g/mol. The lowest BCUT2D eigenvalue weighted by atomic mass is 10.2. The van der Waals surface area contributed by atoms with Crippen molar-refractivity contribution >= 4 is 11.9 Å². The molecule has 0 atom stereocenters. The number of amides is 1. The van der Waals surface area contributed by atoms with Gasteiger partial charge in [0.05, 0.1) is 12.7 Å². The number of carbonyl (C=O) groups is 2. The van der Waals surface area contributed by atoms with Crippen LogP contribution in [0.5, 0.6) is 0 Å². The van der Waals surface area contributed by atoms with Crippen LogP contribution in [-0.2, 0) is 4.74 Å². The second-order valence-electron chi connectivity index (χ2n) is 5.38. The summed E-state index contributed by atoms with van der Waals surface area (Å²) in [4.78, 5) is 22.3. The molecule has 1 aliphatic carbocycles. The van der Waals surface area contributed by atoms with Gasteiger partial charge in [-0.3, -0.25) is 4.79 Å². The van der Waals surface area contributed by atoms with Crippen LogP contribution in [0.1, 0.15) is 33.6 Å². The summed E-state index contributed by atoms with van der Waals surface area (Å²) >= 11 is 0. The maximum Gasteiger partial charge on any atom is 0.337 e. The Hall–Kier alpha value is -2.62. The maximum atomic E-state index is 11.5. The molecule has 1 amide bonds. The number of methoxy groups -OCH3 is 1. The van der Waals surface area contributed by atoms with Gasteiger partial charge in [-0.1, -0.05) is 36.4 Å². The second kappa shape index (κ2) is 8.73. The Morgan fingerprint density at radius 3 is 1.96 bits per heavy atom. The molecule has 120 valence electrons. The van der Waals surface area contributed by atoms with Gasteiger partial charge < -0.3 is 10.1 Å². The van der Waals surface area contributed by atoms with Gasteiger partial charge in [-0.05, 0) is 43.0 Å². The van der Waals surface area contributed by atoms with Gasteiger partial charge in [0.15, 0.2) is 0 Å². The molecule has 2 aromatic rings. The number of nitrogens with one attached hydrogen (secondary N) is 1. The molecule has 3 rings (SSSR count). The molecule has 0 aliphatic heterocycles. The van der Waals surface area contributed by atoms with Gasteiger partial charge in [-0.2, -0.15) is 0 Å². The molecule has 1 fully saturated rings. The third-order valence-corrected chi connectivity index (χ3v) is 3.48. The van der Waals surface area contributed by atoms with E-state index in [2.05, 4.69) is 10.1 Å². The Morgan fingerprint density at radius 2 is 1.48 bits per heavy atom. The van der Waals surface area contributed by atoms with Crippen LogP contribution >= 0.6 is 0 Å². The second-order valence-corrected chi connectivity index (χ2v) is 5.38. The zero-order valence-electron chi connectivity index (χ0n) is 13.2. The number of hydrogen-bond acceptors (Lipinski definition) is 3. The minimum absolute atomic E-state index is 0.0486. The number of rotatable bonds is 4. The summed E-state index contributed by atoms with van der Waals surface area (Å²) in [5.41, 5.74) is 1.34. The summed E-state index contributed by atoms with van der Waals surface area (Å²) in [5, 5.41) is 2.92. The molecule has 23 heavy (non-hydrogen) atoms. The van der Waals surface area contributed by atoms with E-state index in [4.69, 9.17) is 0 Å². The Morgan fingerprint density at radius 1 is 0.957 bits per heavy atom. The first-order valence-electron chi connectivity index (χ1n) is 7.67. The average Bonchev–Trinajstić information content (AvgIpc) is 3.45. The zero-order valence-corrected chi connectivity index (χ0v) is 13.2. The SMILES string of the molecule is COC(=O)c1ccccc1.O=C(NCC1CC1)c1ccccc1. The van der Waals surface area contributed by atoms with Crippen molar-refractivity contribution in [3.63, 3.8) is 0 Å². The van der Waals surface area contributed by atoms with Gasteiger partial charge in [-0.15, -0.1) is 0 Å². The summed E-state index contributed by atoms with van der Waals surface area (Å²) < 4.78 is 4.50. The van der Waals surface area contributed by atoms with Crippen molar-refractivity contribution in [1.82, 2.24) is 5.32 Å². The summed E-state index contributed by atoms with van der Waals surface area (Å²) in [5.74, 6) is 0.501. The number of hydrogen-bond donors (Lipinski definition) is 1. The van der Waals surface area contributed by atoms with Gasteiger partial charge in [0.2, 0.25) is 0 Å². The van der Waals surface area contributed by atoms with E-state index >= 15 is 0 Å². The first-order valence-corrected chi connectivity index (χ1v) is 7.67. The fraction of sp³-hybridized carbons (Fsp3) is 0.263. The summed E-state index contributed by atoms with van der Waals surface area (Å²) in [6.45, 7) is 0.841. The minimum atomic E-state index is -0.291. The Balaban J connectivity index is 0.000000174. The molecule has 2 aromatic carbocycles. The number of ether oxygens (including phenoxy) is 1. The van der Waals surface area contributed by atoms with E-state index in [1.165, 1.54) is 20.0 Å². The first-order chi connectivity index (χ1) is 11.2. The zero-order chi connectivity index (χ0) is 16.5. The van der Waals surface area contributed by atoms with Crippen molar-refractivity contribution < 1.29 is 14.3 Å². The molecule has 0 unspecified atom stereocenters. The molecule has 0 bridgehead atoms. The van der Waals surface area contributed by atoms with Crippen molar-refractivity contribution in [1.29, 1.82) is 0 Å². The van der Waals surface area contributed by atoms with Crippen LogP contribution in [-0.4, -0.2) is 25.5 Å². The Kier molecular flexibility index (Phi) is 6.36. The number of carbonyl (C=O) groups excluding carboxylic acids is 2. The highest BCUT2D eigenvalue weighted by molar-refractivity contribution is 5.94. The highest BCUT2D eigenvalue weighted by atomic mass is 16.5. The molecule has 0 heterocycles. The van der Waals surface area contributed by atoms with Crippen LogP contribution in [0.15, 0.2) is 60.7 Å². The molecular formula is C19H21NO3. The summed E-state index contributed by atoms with van der Waals surface area (Å²) in [6.07, 6.45) is 2.55. The molecule has 1 N–H and O–H groups in total. The van der Waals surface area contributed by atoms with Gasteiger partial charge >= 0.3 is 5.97 Å². The van der Waals surface area contributed by atoms with Crippen LogP contribution < -0.4 is 5.32 Å². The topological polar surface area (TPSA) is 55.4 Å². The predicted octanol–water partition coefficient (Wildman–Crippen LogP) is 3.30. The van der Waals surface area contributed by atoms with E-state index in [0.717, 1.165) is 18.0 Å². The molecule has 0 aromatic heterocycles. The highest BCUT2D eigenvalue weighted by Gasteiger charge is 2.21. The maximum absolute atomic E-state index is 11.5. The lowest BCUT2D eigenvalue weighted by molar-refractivity contribution is 0.0600. The third-order valence-electron chi connectivity index (χ3n) is 3.48.